The molecule has 0 atom stereocenters. The minimum Gasteiger partial charge on any atom is -0.371 e. The molecule has 2 N–H and O–H groups in total. The third kappa shape index (κ3) is 5.74. The summed E-state index contributed by atoms with van der Waals surface area (Å²) in [6, 6.07) is 14.8. The van der Waals surface area contributed by atoms with Crippen LogP contribution < -0.4 is 5.32 Å². The Kier molecular flexibility index (Phi) is 6.04. The van der Waals surface area contributed by atoms with E-state index in [1.54, 1.807) is 18.3 Å². The third-order valence-electron chi connectivity index (χ3n) is 4.16. The summed E-state index contributed by atoms with van der Waals surface area (Å²) in [5.74, 6) is -0.242. The number of rotatable bonds is 7. The molecule has 0 unspecified atom stereocenters. The number of hydrogen-bond acceptors (Lipinski definition) is 3. The zero-order chi connectivity index (χ0) is 19.3. The Bertz CT molecular complexity index is 866. The number of nitrogens with one attached hydrogen (secondary N) is 2. The van der Waals surface area contributed by atoms with Crippen molar-refractivity contribution in [3.63, 3.8) is 0 Å². The van der Waals surface area contributed by atoms with E-state index in [4.69, 9.17) is 4.74 Å². The highest BCUT2D eigenvalue weighted by atomic mass is 19.1. The van der Waals surface area contributed by atoms with Crippen molar-refractivity contribution in [1.82, 2.24) is 15.5 Å². The van der Waals surface area contributed by atoms with Crippen LogP contribution in [0, 0.1) is 5.82 Å². The van der Waals surface area contributed by atoms with Gasteiger partial charge in [-0.15, -0.1) is 0 Å². The smallest absolute Gasteiger partial charge is 0.123 e. The number of aromatic amines is 1. The number of aromatic nitrogens is 2. The molecular formula is C22H26FN3O. The van der Waals surface area contributed by atoms with Crippen LogP contribution in [0.1, 0.15) is 37.5 Å². The molecular weight excluding hydrogens is 341 g/mol. The van der Waals surface area contributed by atoms with Gasteiger partial charge in [-0.25, -0.2) is 4.39 Å². The zero-order valence-corrected chi connectivity index (χ0v) is 16.1. The fraction of sp³-hybridized carbons (Fsp3) is 0.318. The lowest BCUT2D eigenvalue weighted by molar-refractivity contribution is -0.0149. The van der Waals surface area contributed by atoms with Crippen molar-refractivity contribution in [2.75, 3.05) is 0 Å². The predicted molar refractivity (Wildman–Crippen MR) is 106 cm³/mol. The van der Waals surface area contributed by atoms with Crippen molar-refractivity contribution in [1.29, 1.82) is 0 Å². The zero-order valence-electron chi connectivity index (χ0n) is 16.1. The molecule has 3 aromatic rings. The molecule has 0 amide bonds. The number of hydrogen-bond donors (Lipinski definition) is 2. The molecule has 4 nitrogen and oxygen atoms in total. The normalized spacial score (nSPS) is 11.7. The molecule has 3 rings (SSSR count). The second kappa shape index (κ2) is 8.46. The summed E-state index contributed by atoms with van der Waals surface area (Å²) in [6.07, 6.45) is 1.80. The number of nitrogens with zero attached hydrogens (tertiary/aromatic N) is 1. The molecule has 0 radical (unpaired) electrons. The molecule has 1 aromatic heterocycles. The van der Waals surface area contributed by atoms with E-state index in [1.807, 2.05) is 0 Å². The van der Waals surface area contributed by atoms with Gasteiger partial charge in [0.2, 0.25) is 0 Å². The van der Waals surface area contributed by atoms with Gasteiger partial charge < -0.3 is 10.1 Å². The Morgan fingerprint density at radius 3 is 2.52 bits per heavy atom. The van der Waals surface area contributed by atoms with Crippen LogP contribution in [0.4, 0.5) is 4.39 Å². The summed E-state index contributed by atoms with van der Waals surface area (Å²) in [5, 5.41) is 10.6. The summed E-state index contributed by atoms with van der Waals surface area (Å²) in [7, 11) is 0. The molecule has 1 heterocycles. The summed E-state index contributed by atoms with van der Waals surface area (Å²) in [4.78, 5) is 0. The van der Waals surface area contributed by atoms with Gasteiger partial charge >= 0.3 is 0 Å². The lowest BCUT2D eigenvalue weighted by Gasteiger charge is -2.19. The number of benzene rings is 2. The highest BCUT2D eigenvalue weighted by molar-refractivity contribution is 5.62. The van der Waals surface area contributed by atoms with Gasteiger partial charge in [-0.3, -0.25) is 5.10 Å². The molecule has 27 heavy (non-hydrogen) atoms. The van der Waals surface area contributed by atoms with Crippen molar-refractivity contribution < 1.29 is 9.13 Å². The number of halogens is 1. The second-order valence-electron chi connectivity index (χ2n) is 7.60. The fourth-order valence-electron chi connectivity index (χ4n) is 2.78. The van der Waals surface area contributed by atoms with Crippen LogP contribution in [0.5, 0.6) is 0 Å². The fourth-order valence-corrected chi connectivity index (χ4v) is 2.78. The first-order valence-electron chi connectivity index (χ1n) is 9.11. The van der Waals surface area contributed by atoms with Gasteiger partial charge in [-0.2, -0.15) is 5.10 Å². The van der Waals surface area contributed by atoms with Crippen LogP contribution in [0.2, 0.25) is 0 Å². The molecule has 0 fully saturated rings. The van der Waals surface area contributed by atoms with Crippen LogP contribution in [0.15, 0.2) is 54.7 Å². The molecule has 142 valence electrons. The van der Waals surface area contributed by atoms with Crippen molar-refractivity contribution in [3.8, 4) is 11.3 Å². The summed E-state index contributed by atoms with van der Waals surface area (Å²) in [5.41, 5.74) is 5.11. The van der Waals surface area contributed by atoms with E-state index in [0.29, 0.717) is 13.2 Å². The largest absolute Gasteiger partial charge is 0.371 e. The average Bonchev–Trinajstić information content (AvgIpc) is 3.09. The summed E-state index contributed by atoms with van der Waals surface area (Å²) >= 11 is 0. The maximum absolute atomic E-state index is 13.1. The minimum atomic E-state index is -0.242. The highest BCUT2D eigenvalue weighted by Crippen LogP contribution is 2.21. The molecule has 0 spiro atoms. The molecule has 0 aliphatic heterocycles. The third-order valence-corrected chi connectivity index (χ3v) is 4.16. The van der Waals surface area contributed by atoms with Gasteiger partial charge in [0.1, 0.15) is 5.82 Å². The van der Waals surface area contributed by atoms with E-state index in [1.165, 1.54) is 23.3 Å². The Balaban J connectivity index is 1.58. The summed E-state index contributed by atoms with van der Waals surface area (Å²) in [6.45, 7) is 8.20. The van der Waals surface area contributed by atoms with E-state index < -0.39 is 0 Å². The molecule has 2 aromatic carbocycles. The predicted octanol–water partition coefficient (Wildman–Crippen LogP) is 4.82. The van der Waals surface area contributed by atoms with Gasteiger partial charge in [0, 0.05) is 24.2 Å². The molecule has 0 saturated heterocycles. The first-order chi connectivity index (χ1) is 12.9. The van der Waals surface area contributed by atoms with Crippen molar-refractivity contribution in [2.45, 2.75) is 46.1 Å². The van der Waals surface area contributed by atoms with Crippen LogP contribution >= 0.6 is 0 Å². The second-order valence-corrected chi connectivity index (χ2v) is 7.60. The Labute approximate surface area is 159 Å². The van der Waals surface area contributed by atoms with Crippen LogP contribution in [-0.2, 0) is 24.4 Å². The standard InChI is InChI=1S/C22H26FN3O/c1-22(2,3)27-15-17-6-4-5-16(11-17)12-24-13-19-14-25-26-21(19)18-7-9-20(23)10-8-18/h4-11,14,24H,12-13,15H2,1-3H3,(H,25,26). The molecule has 0 saturated carbocycles. The molecule has 5 heteroatoms. The SMILES string of the molecule is CC(C)(C)OCc1cccc(CNCc2cn[nH]c2-c2ccc(F)cc2)c1. The van der Waals surface area contributed by atoms with E-state index in [2.05, 4.69) is 60.6 Å². The van der Waals surface area contributed by atoms with Crippen LogP contribution in [-0.4, -0.2) is 15.8 Å². The number of ether oxygens (including phenoxy) is 1. The van der Waals surface area contributed by atoms with E-state index in [9.17, 15) is 4.39 Å². The number of H-pyrrole nitrogens is 1. The van der Waals surface area contributed by atoms with Gasteiger partial charge in [0.15, 0.2) is 0 Å². The lowest BCUT2D eigenvalue weighted by Crippen LogP contribution is -2.18. The van der Waals surface area contributed by atoms with E-state index in [-0.39, 0.29) is 11.4 Å². The maximum Gasteiger partial charge on any atom is 0.123 e. The Morgan fingerprint density at radius 1 is 1.04 bits per heavy atom. The van der Waals surface area contributed by atoms with E-state index >= 15 is 0 Å². The maximum atomic E-state index is 13.1. The van der Waals surface area contributed by atoms with Gasteiger partial charge in [0.25, 0.3) is 0 Å². The highest BCUT2D eigenvalue weighted by Gasteiger charge is 2.10. The van der Waals surface area contributed by atoms with Crippen molar-refractivity contribution >= 4 is 0 Å². The first kappa shape index (κ1) is 19.3. The quantitative estimate of drug-likeness (QED) is 0.629. The first-order valence-corrected chi connectivity index (χ1v) is 9.11. The van der Waals surface area contributed by atoms with Crippen molar-refractivity contribution in [3.05, 3.63) is 77.2 Å². The summed E-state index contributed by atoms with van der Waals surface area (Å²) < 4.78 is 19.0. The van der Waals surface area contributed by atoms with Crippen LogP contribution in [0.3, 0.4) is 0 Å². The molecule has 0 bridgehead atoms. The van der Waals surface area contributed by atoms with Crippen LogP contribution in [0.25, 0.3) is 11.3 Å². The Hall–Kier alpha value is -2.50. The lowest BCUT2D eigenvalue weighted by atomic mass is 10.1. The van der Waals surface area contributed by atoms with Crippen molar-refractivity contribution in [2.24, 2.45) is 0 Å². The molecule has 0 aliphatic carbocycles. The average molecular weight is 367 g/mol. The Morgan fingerprint density at radius 2 is 1.78 bits per heavy atom. The van der Waals surface area contributed by atoms with E-state index in [0.717, 1.165) is 23.4 Å². The minimum absolute atomic E-state index is 0.147. The molecule has 0 aliphatic rings. The topological polar surface area (TPSA) is 49.9 Å². The van der Waals surface area contributed by atoms with Gasteiger partial charge in [-0.1, -0.05) is 24.3 Å². The monoisotopic (exact) mass is 367 g/mol. The van der Waals surface area contributed by atoms with Gasteiger partial charge in [0.05, 0.1) is 24.1 Å². The van der Waals surface area contributed by atoms with Gasteiger partial charge in [-0.05, 0) is 56.2 Å².